The van der Waals surface area contributed by atoms with Crippen molar-refractivity contribution in [2.75, 3.05) is 0 Å². The van der Waals surface area contributed by atoms with Gasteiger partial charge in [-0.05, 0) is 5.56 Å². The Bertz CT molecular complexity index is 642. The normalized spacial score (nSPS) is 10.7. The highest BCUT2D eigenvalue weighted by atomic mass is 15.1. The Morgan fingerprint density at radius 1 is 0.944 bits per heavy atom. The van der Waals surface area contributed by atoms with Gasteiger partial charge in [0.15, 0.2) is 11.6 Å². The number of imidazole rings is 2. The van der Waals surface area contributed by atoms with E-state index in [4.69, 9.17) is 7.98 Å². The summed E-state index contributed by atoms with van der Waals surface area (Å²) in [5.74, 6) is 1.43. The van der Waals surface area contributed by atoms with Gasteiger partial charge in [-0.3, -0.25) is 0 Å². The van der Waals surface area contributed by atoms with Gasteiger partial charge in [0.05, 0.1) is 0 Å². The van der Waals surface area contributed by atoms with Crippen LogP contribution < -0.4 is 0 Å². The molecule has 2 aromatic heterocycles. The van der Waals surface area contributed by atoms with Gasteiger partial charge >= 0.3 is 0 Å². The summed E-state index contributed by atoms with van der Waals surface area (Å²) in [7, 11) is 5.79. The molecule has 86 valence electrons. The maximum atomic E-state index is 5.79. The van der Waals surface area contributed by atoms with E-state index in [2.05, 4.69) is 22.1 Å². The molecule has 0 saturated heterocycles. The molecule has 0 atom stereocenters. The first kappa shape index (κ1) is 10.8. The second-order valence-corrected chi connectivity index (χ2v) is 4.02. The van der Waals surface area contributed by atoms with Gasteiger partial charge in [0.1, 0.15) is 0 Å². The molecule has 5 heteroatoms. The van der Waals surface area contributed by atoms with E-state index in [1.807, 2.05) is 29.0 Å². The predicted octanol–water partition coefficient (Wildman–Crippen LogP) is 1.73. The van der Waals surface area contributed by atoms with E-state index in [9.17, 15) is 0 Å². The Morgan fingerprint density at radius 3 is 2.39 bits per heavy atom. The smallest absolute Gasteiger partial charge is 0.236 e. The topological polar surface area (TPSA) is 35.6 Å². The summed E-state index contributed by atoms with van der Waals surface area (Å²) in [6.45, 7) is 0.753. The first-order valence-corrected chi connectivity index (χ1v) is 5.68. The lowest BCUT2D eigenvalue weighted by molar-refractivity contribution is 0.799. The molecule has 0 aliphatic carbocycles. The van der Waals surface area contributed by atoms with E-state index in [1.54, 1.807) is 18.6 Å². The summed E-state index contributed by atoms with van der Waals surface area (Å²) < 4.78 is 3.50. The molecule has 2 radical (unpaired) electrons. The highest BCUT2D eigenvalue weighted by Crippen LogP contribution is 2.15. The highest BCUT2D eigenvalue weighted by molar-refractivity contribution is 6.08. The number of hydrogen-bond donors (Lipinski definition) is 0. The number of benzene rings is 1. The molecule has 0 unspecified atom stereocenters. The third kappa shape index (κ3) is 1.95. The number of rotatable bonds is 3. The monoisotopic (exact) mass is 234 g/mol. The largest absolute Gasteiger partial charge is 0.385 e. The number of nitrogens with zero attached hydrogens (tertiary/aromatic N) is 4. The Kier molecular flexibility index (Phi) is 2.72. The van der Waals surface area contributed by atoms with Crippen LogP contribution >= 0.6 is 0 Å². The van der Waals surface area contributed by atoms with Crippen LogP contribution in [0, 0.1) is 0 Å². The number of hydrogen-bond acceptors (Lipinski definition) is 2. The van der Waals surface area contributed by atoms with Crippen molar-refractivity contribution < 1.29 is 0 Å². The van der Waals surface area contributed by atoms with Crippen LogP contribution in [0.25, 0.3) is 11.6 Å². The minimum atomic E-state index is 0.663. The fourth-order valence-electron chi connectivity index (χ4n) is 1.91. The second kappa shape index (κ2) is 4.53. The average Bonchev–Trinajstić information content (AvgIpc) is 2.99. The van der Waals surface area contributed by atoms with Crippen molar-refractivity contribution in [3.63, 3.8) is 0 Å². The van der Waals surface area contributed by atoms with E-state index in [-0.39, 0.29) is 0 Å². The Morgan fingerprint density at radius 2 is 1.67 bits per heavy atom. The Hall–Kier alpha value is -2.30. The SMILES string of the molecule is [B]n1ccnc1-c1nccn1Cc1ccccc1. The quantitative estimate of drug-likeness (QED) is 0.647. The molecule has 2 heterocycles. The van der Waals surface area contributed by atoms with Crippen LogP contribution in [0.3, 0.4) is 0 Å². The summed E-state index contributed by atoms with van der Waals surface area (Å²) in [5, 5.41) is 0. The van der Waals surface area contributed by atoms with Gasteiger partial charge in [0.25, 0.3) is 0 Å². The maximum Gasteiger partial charge on any atom is 0.236 e. The van der Waals surface area contributed by atoms with Crippen LogP contribution in [0.1, 0.15) is 5.56 Å². The van der Waals surface area contributed by atoms with E-state index in [0.29, 0.717) is 5.82 Å². The van der Waals surface area contributed by atoms with Gasteiger partial charge in [0.2, 0.25) is 7.98 Å². The van der Waals surface area contributed by atoms with E-state index < -0.39 is 0 Å². The van der Waals surface area contributed by atoms with Crippen molar-refractivity contribution in [2.45, 2.75) is 6.54 Å². The third-order valence-corrected chi connectivity index (χ3v) is 2.78. The zero-order valence-electron chi connectivity index (χ0n) is 9.77. The molecule has 0 aliphatic rings. The predicted molar refractivity (Wildman–Crippen MR) is 70.1 cm³/mol. The molecule has 0 N–H and O–H groups in total. The molecule has 4 nitrogen and oxygen atoms in total. The molecular weight excluding hydrogens is 223 g/mol. The minimum absolute atomic E-state index is 0.663. The van der Waals surface area contributed by atoms with Crippen molar-refractivity contribution in [2.24, 2.45) is 0 Å². The van der Waals surface area contributed by atoms with Crippen LogP contribution in [0.15, 0.2) is 55.1 Å². The van der Waals surface area contributed by atoms with E-state index in [1.165, 1.54) is 10.0 Å². The molecule has 0 aliphatic heterocycles. The Labute approximate surface area is 106 Å². The first-order chi connectivity index (χ1) is 8.84. The molecule has 0 saturated carbocycles. The lowest BCUT2D eigenvalue weighted by atomic mass is 10.2. The summed E-state index contributed by atoms with van der Waals surface area (Å²) in [6, 6.07) is 10.2. The van der Waals surface area contributed by atoms with Gasteiger partial charge in [-0.25, -0.2) is 9.97 Å². The van der Waals surface area contributed by atoms with Crippen LogP contribution in [0.4, 0.5) is 0 Å². The van der Waals surface area contributed by atoms with Crippen molar-refractivity contribution in [1.82, 2.24) is 19.0 Å². The van der Waals surface area contributed by atoms with Crippen LogP contribution in [-0.2, 0) is 6.54 Å². The first-order valence-electron chi connectivity index (χ1n) is 5.68. The molecule has 3 aromatic rings. The zero-order valence-corrected chi connectivity index (χ0v) is 9.77. The molecule has 0 amide bonds. The van der Waals surface area contributed by atoms with Crippen molar-refractivity contribution >= 4 is 7.98 Å². The van der Waals surface area contributed by atoms with E-state index in [0.717, 1.165) is 12.4 Å². The molecule has 0 spiro atoms. The molecule has 0 fully saturated rings. The van der Waals surface area contributed by atoms with Crippen LogP contribution in [0.2, 0.25) is 0 Å². The van der Waals surface area contributed by atoms with Crippen molar-refractivity contribution in [3.05, 3.63) is 60.7 Å². The fourth-order valence-corrected chi connectivity index (χ4v) is 1.91. The van der Waals surface area contributed by atoms with Gasteiger partial charge in [-0.2, -0.15) is 0 Å². The molecule has 3 rings (SSSR count). The highest BCUT2D eigenvalue weighted by Gasteiger charge is 2.09. The summed E-state index contributed by atoms with van der Waals surface area (Å²) in [4.78, 5) is 8.53. The van der Waals surface area contributed by atoms with Gasteiger partial charge < -0.3 is 9.05 Å². The zero-order chi connectivity index (χ0) is 12.4. The lowest BCUT2D eigenvalue weighted by Crippen LogP contribution is -2.04. The average molecular weight is 234 g/mol. The summed E-state index contributed by atoms with van der Waals surface area (Å²) in [6.07, 6.45) is 7.05. The summed E-state index contributed by atoms with van der Waals surface area (Å²) in [5.41, 5.74) is 1.21. The molecule has 18 heavy (non-hydrogen) atoms. The second-order valence-electron chi connectivity index (χ2n) is 4.02. The standard InChI is InChI=1S/C13H11BN4/c14-18-9-7-16-13(18)12-15-6-8-17(12)10-11-4-2-1-3-5-11/h1-9H,10H2. The van der Waals surface area contributed by atoms with Crippen LogP contribution in [0.5, 0.6) is 0 Å². The molecule has 1 aromatic carbocycles. The third-order valence-electron chi connectivity index (χ3n) is 2.78. The van der Waals surface area contributed by atoms with Crippen LogP contribution in [-0.4, -0.2) is 27.0 Å². The van der Waals surface area contributed by atoms with Crippen molar-refractivity contribution in [3.8, 4) is 11.6 Å². The number of aromatic nitrogens is 4. The molecule has 0 bridgehead atoms. The maximum absolute atomic E-state index is 5.79. The minimum Gasteiger partial charge on any atom is -0.385 e. The molecular formula is C13H11BN4. The Balaban J connectivity index is 1.96. The van der Waals surface area contributed by atoms with Gasteiger partial charge in [-0.15, -0.1) is 0 Å². The van der Waals surface area contributed by atoms with Gasteiger partial charge in [0, 0.05) is 31.3 Å². The fraction of sp³-hybridized carbons (Fsp3) is 0.0769. The van der Waals surface area contributed by atoms with E-state index >= 15 is 0 Å². The van der Waals surface area contributed by atoms with Crippen molar-refractivity contribution in [1.29, 1.82) is 0 Å². The summed E-state index contributed by atoms with van der Waals surface area (Å²) >= 11 is 0. The van der Waals surface area contributed by atoms with Gasteiger partial charge in [-0.1, -0.05) is 30.3 Å². The lowest BCUT2D eigenvalue weighted by Gasteiger charge is -2.07.